The first kappa shape index (κ1) is 8.31. The van der Waals surface area contributed by atoms with Crippen LogP contribution < -0.4 is 0 Å². The molecule has 0 aliphatic rings. The lowest BCUT2D eigenvalue weighted by Crippen LogP contribution is -1.72. The van der Waals surface area contributed by atoms with Gasteiger partial charge in [-0.15, -0.1) is 0 Å². The highest BCUT2D eigenvalue weighted by atomic mass is 35.5. The zero-order valence-electron chi connectivity index (χ0n) is 5.96. The molecule has 0 unspecified atom stereocenters. The van der Waals surface area contributed by atoms with E-state index >= 15 is 0 Å². The van der Waals surface area contributed by atoms with E-state index in [0.29, 0.717) is 5.02 Å². The van der Waals surface area contributed by atoms with Crippen molar-refractivity contribution in [3.63, 3.8) is 0 Å². The van der Waals surface area contributed by atoms with E-state index in [9.17, 15) is 5.11 Å². The van der Waals surface area contributed by atoms with E-state index in [-0.39, 0.29) is 6.61 Å². The molecule has 0 saturated carbocycles. The molecule has 0 spiro atoms. The first-order valence-corrected chi connectivity index (χ1v) is 3.71. The van der Waals surface area contributed by atoms with Crippen molar-refractivity contribution in [3.8, 4) is 0 Å². The minimum absolute atomic E-state index is 0.178. The van der Waals surface area contributed by atoms with Crippen LogP contribution in [0.25, 0.3) is 6.08 Å². The summed E-state index contributed by atoms with van der Waals surface area (Å²) >= 11 is 5.66. The summed E-state index contributed by atoms with van der Waals surface area (Å²) in [6.45, 7) is -0.178. The van der Waals surface area contributed by atoms with E-state index in [2.05, 4.69) is 0 Å². The van der Waals surface area contributed by atoms with Crippen molar-refractivity contribution in [1.29, 1.82) is 0 Å². The lowest BCUT2D eigenvalue weighted by Gasteiger charge is -1.91. The van der Waals surface area contributed by atoms with Crippen LogP contribution in [0.5, 0.6) is 0 Å². The molecule has 0 aliphatic heterocycles. The maximum Gasteiger partial charge on any atom is 0.101 e. The second-order valence-corrected chi connectivity index (χ2v) is 2.56. The van der Waals surface area contributed by atoms with E-state index < -0.39 is 0 Å². The Morgan fingerprint density at radius 2 is 1.91 bits per heavy atom. The van der Waals surface area contributed by atoms with E-state index in [1.807, 2.05) is 12.1 Å². The summed E-state index contributed by atoms with van der Waals surface area (Å²) in [6, 6.07) is 7.33. The molecule has 0 saturated heterocycles. The second kappa shape index (κ2) is 4.16. The van der Waals surface area contributed by atoms with Crippen LogP contribution in [0.1, 0.15) is 5.56 Å². The van der Waals surface area contributed by atoms with Crippen molar-refractivity contribution < 1.29 is 5.11 Å². The molecular weight excluding hydrogens is 160 g/mol. The molecule has 2 heteroatoms. The third kappa shape index (κ3) is 2.74. The summed E-state index contributed by atoms with van der Waals surface area (Å²) in [5, 5.41) is 10.8. The maximum absolute atomic E-state index is 10.1. The highest BCUT2D eigenvalue weighted by Gasteiger charge is 1.85. The van der Waals surface area contributed by atoms with Crippen LogP contribution in [0, 0.1) is 0 Å². The molecule has 0 bridgehead atoms. The van der Waals surface area contributed by atoms with Crippen LogP contribution in [-0.4, -0.2) is 6.61 Å². The molecule has 0 aromatic heterocycles. The van der Waals surface area contributed by atoms with E-state index in [1.165, 1.54) is 0 Å². The van der Waals surface area contributed by atoms with Gasteiger partial charge < -0.3 is 0 Å². The van der Waals surface area contributed by atoms with Crippen LogP contribution in [0.15, 0.2) is 30.3 Å². The fourth-order valence-corrected chi connectivity index (χ4v) is 0.884. The van der Waals surface area contributed by atoms with Crippen LogP contribution in [0.4, 0.5) is 0 Å². The Balaban J connectivity index is 2.73. The zero-order chi connectivity index (χ0) is 8.10. The maximum atomic E-state index is 10.1. The fourth-order valence-electron chi connectivity index (χ4n) is 0.758. The summed E-state index contributed by atoms with van der Waals surface area (Å²) in [7, 11) is 0. The Kier molecular flexibility index (Phi) is 3.14. The summed E-state index contributed by atoms with van der Waals surface area (Å²) in [5.41, 5.74) is 1.00. The van der Waals surface area contributed by atoms with Crippen LogP contribution >= 0.6 is 11.6 Å². The van der Waals surface area contributed by atoms with E-state index in [4.69, 9.17) is 11.6 Å². The summed E-state index contributed by atoms with van der Waals surface area (Å²) in [6.07, 6.45) is 3.35. The van der Waals surface area contributed by atoms with Gasteiger partial charge in [0.15, 0.2) is 0 Å². The predicted octanol–water partition coefficient (Wildman–Crippen LogP) is 2.78. The smallest absolute Gasteiger partial charge is 0.101 e. The quantitative estimate of drug-likeness (QED) is 0.646. The van der Waals surface area contributed by atoms with Gasteiger partial charge in [0.05, 0.1) is 0 Å². The first-order chi connectivity index (χ1) is 5.33. The van der Waals surface area contributed by atoms with Gasteiger partial charge in [0.1, 0.15) is 6.61 Å². The molecule has 0 N–H and O–H groups in total. The number of hydrogen-bond acceptors (Lipinski definition) is 0. The Hall–Kier alpha value is -0.790. The Bertz CT molecular complexity index is 238. The van der Waals surface area contributed by atoms with Crippen molar-refractivity contribution in [1.82, 2.24) is 0 Å². The van der Waals surface area contributed by atoms with Crippen LogP contribution in [0.2, 0.25) is 5.02 Å². The van der Waals surface area contributed by atoms with Gasteiger partial charge in [0.2, 0.25) is 0 Å². The Labute approximate surface area is 70.9 Å². The lowest BCUT2D eigenvalue weighted by molar-refractivity contribution is 0.233. The van der Waals surface area contributed by atoms with Crippen molar-refractivity contribution in [3.05, 3.63) is 40.9 Å². The average molecular weight is 168 g/mol. The monoisotopic (exact) mass is 167 g/mol. The number of rotatable bonds is 2. The molecule has 0 fully saturated rings. The van der Waals surface area contributed by atoms with Gasteiger partial charge in [-0.05, 0) is 17.7 Å². The zero-order valence-corrected chi connectivity index (χ0v) is 6.71. The molecular formula is C9H8ClO. The van der Waals surface area contributed by atoms with E-state index in [1.54, 1.807) is 24.3 Å². The largest absolute Gasteiger partial charge is 0.232 e. The third-order valence-corrected chi connectivity index (χ3v) is 1.53. The normalized spacial score (nSPS) is 10.7. The van der Waals surface area contributed by atoms with Crippen LogP contribution in [-0.2, 0) is 5.11 Å². The minimum Gasteiger partial charge on any atom is -0.232 e. The summed E-state index contributed by atoms with van der Waals surface area (Å²) < 4.78 is 0. The molecule has 1 nitrogen and oxygen atoms in total. The van der Waals surface area contributed by atoms with Gasteiger partial charge in [-0.2, -0.15) is 0 Å². The van der Waals surface area contributed by atoms with Gasteiger partial charge in [-0.25, -0.2) is 5.11 Å². The van der Waals surface area contributed by atoms with Gasteiger partial charge in [-0.1, -0.05) is 35.9 Å². The molecule has 1 radical (unpaired) electrons. The average Bonchev–Trinajstić information content (AvgIpc) is 2.04. The predicted molar refractivity (Wildman–Crippen MR) is 46.0 cm³/mol. The Morgan fingerprint density at radius 1 is 1.27 bits per heavy atom. The second-order valence-electron chi connectivity index (χ2n) is 2.12. The molecule has 1 aromatic carbocycles. The molecule has 0 aliphatic carbocycles. The molecule has 11 heavy (non-hydrogen) atoms. The van der Waals surface area contributed by atoms with E-state index in [0.717, 1.165) is 5.56 Å². The van der Waals surface area contributed by atoms with Crippen LogP contribution in [0.3, 0.4) is 0 Å². The lowest BCUT2D eigenvalue weighted by atomic mass is 10.2. The highest BCUT2D eigenvalue weighted by Crippen LogP contribution is 2.10. The number of hydrogen-bond donors (Lipinski definition) is 0. The standard InChI is InChI=1S/C9H8ClO/c10-9-5-3-8(4-6-9)2-1-7-11/h1-6H,7H2. The SMILES string of the molecule is [O]CC=Cc1ccc(Cl)cc1. The topological polar surface area (TPSA) is 19.9 Å². The van der Waals surface area contributed by atoms with Gasteiger partial charge in [0, 0.05) is 5.02 Å². The van der Waals surface area contributed by atoms with Gasteiger partial charge in [-0.3, -0.25) is 0 Å². The highest BCUT2D eigenvalue weighted by molar-refractivity contribution is 6.30. The van der Waals surface area contributed by atoms with Crippen molar-refractivity contribution >= 4 is 17.7 Å². The fraction of sp³-hybridized carbons (Fsp3) is 0.111. The molecule has 57 valence electrons. The minimum atomic E-state index is -0.178. The van der Waals surface area contributed by atoms with Crippen molar-refractivity contribution in [2.45, 2.75) is 0 Å². The number of halogens is 1. The third-order valence-electron chi connectivity index (χ3n) is 1.28. The summed E-state index contributed by atoms with van der Waals surface area (Å²) in [5.74, 6) is 0. The van der Waals surface area contributed by atoms with Crippen molar-refractivity contribution in [2.24, 2.45) is 0 Å². The molecule has 1 rings (SSSR count). The summed E-state index contributed by atoms with van der Waals surface area (Å²) in [4.78, 5) is 0. The molecule has 1 aromatic rings. The van der Waals surface area contributed by atoms with Gasteiger partial charge in [0.25, 0.3) is 0 Å². The Morgan fingerprint density at radius 3 is 2.45 bits per heavy atom. The van der Waals surface area contributed by atoms with Gasteiger partial charge >= 0.3 is 0 Å². The molecule has 0 atom stereocenters. The number of benzene rings is 1. The van der Waals surface area contributed by atoms with Crippen molar-refractivity contribution in [2.75, 3.05) is 6.61 Å². The molecule has 0 amide bonds. The first-order valence-electron chi connectivity index (χ1n) is 3.33. The molecule has 0 heterocycles.